The molecule has 4 heteroatoms. The first kappa shape index (κ1) is 17.2. The number of methoxy groups -OCH3 is 1. The van der Waals surface area contributed by atoms with E-state index in [-0.39, 0.29) is 12.5 Å². The van der Waals surface area contributed by atoms with Crippen molar-refractivity contribution in [2.75, 3.05) is 33.4 Å². The third-order valence-corrected chi connectivity index (χ3v) is 2.92. The maximum Gasteiger partial charge on any atom is 0.255 e. The minimum absolute atomic E-state index is 0.0114. The van der Waals surface area contributed by atoms with Crippen LogP contribution in [-0.2, 0) is 4.74 Å². The molecule has 0 aliphatic carbocycles. The molecule has 0 spiro atoms. The lowest BCUT2D eigenvalue weighted by atomic mass is 10.1. The zero-order valence-electron chi connectivity index (χ0n) is 13.1. The summed E-state index contributed by atoms with van der Waals surface area (Å²) in [6.45, 7) is 6.25. The Morgan fingerprint density at radius 3 is 2.71 bits per heavy atom. The molecule has 2 N–H and O–H groups in total. The number of rotatable bonds is 6. The SMILES string of the molecule is COCCN(CC(C)C)C(=O)c1ccccc1C#CCN. The molecular weight excluding hydrogens is 264 g/mol. The van der Waals surface area contributed by atoms with Crippen molar-refractivity contribution in [1.29, 1.82) is 0 Å². The second-order valence-electron chi connectivity index (χ2n) is 5.19. The summed E-state index contributed by atoms with van der Waals surface area (Å²) in [6, 6.07) is 7.38. The number of nitrogens with zero attached hydrogens (tertiary/aromatic N) is 1. The van der Waals surface area contributed by atoms with Gasteiger partial charge in [0.15, 0.2) is 0 Å². The molecule has 114 valence electrons. The number of ether oxygens (including phenoxy) is 1. The molecule has 4 nitrogen and oxygen atoms in total. The van der Waals surface area contributed by atoms with Crippen LogP contribution in [0.4, 0.5) is 0 Å². The maximum absolute atomic E-state index is 12.7. The fourth-order valence-corrected chi connectivity index (χ4v) is 2.01. The molecular formula is C17H24N2O2. The Morgan fingerprint density at radius 1 is 1.38 bits per heavy atom. The Morgan fingerprint density at radius 2 is 2.10 bits per heavy atom. The Bertz CT molecular complexity index is 515. The molecule has 0 saturated carbocycles. The van der Waals surface area contributed by atoms with Crippen LogP contribution in [0.2, 0.25) is 0 Å². The van der Waals surface area contributed by atoms with Crippen LogP contribution in [-0.4, -0.2) is 44.2 Å². The quantitative estimate of drug-likeness (QED) is 0.811. The van der Waals surface area contributed by atoms with Crippen LogP contribution in [0.3, 0.4) is 0 Å². The van der Waals surface area contributed by atoms with Gasteiger partial charge in [-0.1, -0.05) is 37.8 Å². The van der Waals surface area contributed by atoms with E-state index >= 15 is 0 Å². The van der Waals surface area contributed by atoms with Gasteiger partial charge >= 0.3 is 0 Å². The molecule has 21 heavy (non-hydrogen) atoms. The molecule has 1 rings (SSSR count). The molecule has 0 heterocycles. The standard InChI is InChI=1S/C17H24N2O2/c1-14(2)13-19(11-12-21-3)17(20)16-9-5-4-7-15(16)8-6-10-18/h4-5,7,9,14H,10-13,18H2,1-3H3. The highest BCUT2D eigenvalue weighted by atomic mass is 16.5. The lowest BCUT2D eigenvalue weighted by molar-refractivity contribution is 0.0672. The van der Waals surface area contributed by atoms with Crippen molar-refractivity contribution in [3.8, 4) is 11.8 Å². The molecule has 0 aliphatic rings. The predicted octanol–water partition coefficient (Wildman–Crippen LogP) is 1.74. The Labute approximate surface area is 127 Å². The smallest absolute Gasteiger partial charge is 0.255 e. The second-order valence-corrected chi connectivity index (χ2v) is 5.19. The van der Waals surface area contributed by atoms with Crippen LogP contribution in [0.1, 0.15) is 29.8 Å². The minimum atomic E-state index is -0.0114. The normalized spacial score (nSPS) is 10.1. The molecule has 0 aromatic heterocycles. The zero-order valence-corrected chi connectivity index (χ0v) is 13.1. The summed E-state index contributed by atoms with van der Waals surface area (Å²) in [5.74, 6) is 6.15. The van der Waals surface area contributed by atoms with E-state index in [4.69, 9.17) is 10.5 Å². The summed E-state index contributed by atoms with van der Waals surface area (Å²) < 4.78 is 5.10. The number of hydrogen-bond donors (Lipinski definition) is 1. The van der Waals surface area contributed by atoms with E-state index < -0.39 is 0 Å². The summed E-state index contributed by atoms with van der Waals surface area (Å²) in [4.78, 5) is 14.6. The number of nitrogens with two attached hydrogens (primary N) is 1. The Hall–Kier alpha value is -1.83. The summed E-state index contributed by atoms with van der Waals surface area (Å²) >= 11 is 0. The van der Waals surface area contributed by atoms with Gasteiger partial charge in [0.05, 0.1) is 18.7 Å². The van der Waals surface area contributed by atoms with Crippen LogP contribution in [0.5, 0.6) is 0 Å². The van der Waals surface area contributed by atoms with Gasteiger partial charge in [-0.05, 0) is 18.1 Å². The zero-order chi connectivity index (χ0) is 15.7. The van der Waals surface area contributed by atoms with Crippen LogP contribution in [0.25, 0.3) is 0 Å². The number of benzene rings is 1. The van der Waals surface area contributed by atoms with Crippen molar-refractivity contribution in [3.63, 3.8) is 0 Å². The number of amides is 1. The van der Waals surface area contributed by atoms with E-state index in [2.05, 4.69) is 25.7 Å². The van der Waals surface area contributed by atoms with Crippen LogP contribution >= 0.6 is 0 Å². The fraction of sp³-hybridized carbons (Fsp3) is 0.471. The molecule has 0 fully saturated rings. The van der Waals surface area contributed by atoms with Gasteiger partial charge in [0, 0.05) is 25.8 Å². The number of carbonyl (C=O) groups excluding carboxylic acids is 1. The van der Waals surface area contributed by atoms with Crippen molar-refractivity contribution < 1.29 is 9.53 Å². The molecule has 0 atom stereocenters. The van der Waals surface area contributed by atoms with Gasteiger partial charge in [-0.2, -0.15) is 0 Å². The summed E-state index contributed by atoms with van der Waals surface area (Å²) in [7, 11) is 1.64. The predicted molar refractivity (Wildman–Crippen MR) is 85.0 cm³/mol. The van der Waals surface area contributed by atoms with Gasteiger partial charge < -0.3 is 15.4 Å². The largest absolute Gasteiger partial charge is 0.383 e. The highest BCUT2D eigenvalue weighted by molar-refractivity contribution is 5.96. The molecule has 0 unspecified atom stereocenters. The van der Waals surface area contributed by atoms with E-state index in [1.165, 1.54) is 0 Å². The lowest BCUT2D eigenvalue weighted by Crippen LogP contribution is -2.37. The summed E-state index contributed by atoms with van der Waals surface area (Å²) in [5.41, 5.74) is 6.75. The number of carbonyl (C=O) groups is 1. The second kappa shape index (κ2) is 9.17. The molecule has 1 aromatic carbocycles. The van der Waals surface area contributed by atoms with Crippen molar-refractivity contribution in [2.24, 2.45) is 11.7 Å². The van der Waals surface area contributed by atoms with Gasteiger partial charge in [0.25, 0.3) is 5.91 Å². The van der Waals surface area contributed by atoms with E-state index in [1.807, 2.05) is 29.2 Å². The van der Waals surface area contributed by atoms with Crippen molar-refractivity contribution in [2.45, 2.75) is 13.8 Å². The van der Waals surface area contributed by atoms with Crippen molar-refractivity contribution in [1.82, 2.24) is 4.90 Å². The summed E-state index contributed by atoms with van der Waals surface area (Å²) in [5, 5.41) is 0. The monoisotopic (exact) mass is 288 g/mol. The van der Waals surface area contributed by atoms with Gasteiger partial charge in [-0.25, -0.2) is 0 Å². The number of hydrogen-bond acceptors (Lipinski definition) is 3. The van der Waals surface area contributed by atoms with E-state index in [1.54, 1.807) is 7.11 Å². The average Bonchev–Trinajstić information content (AvgIpc) is 2.48. The van der Waals surface area contributed by atoms with E-state index in [0.29, 0.717) is 31.2 Å². The van der Waals surface area contributed by atoms with Gasteiger partial charge in [-0.15, -0.1) is 0 Å². The van der Waals surface area contributed by atoms with Crippen molar-refractivity contribution in [3.05, 3.63) is 35.4 Å². The first-order valence-electron chi connectivity index (χ1n) is 7.16. The first-order chi connectivity index (χ1) is 10.1. The van der Waals surface area contributed by atoms with Gasteiger partial charge in [0.2, 0.25) is 0 Å². The fourth-order valence-electron chi connectivity index (χ4n) is 2.01. The Kier molecular flexibility index (Phi) is 7.52. The van der Waals surface area contributed by atoms with Gasteiger partial charge in [0.1, 0.15) is 0 Å². The topological polar surface area (TPSA) is 55.6 Å². The van der Waals surface area contributed by atoms with Crippen LogP contribution in [0, 0.1) is 17.8 Å². The molecule has 0 bridgehead atoms. The first-order valence-corrected chi connectivity index (χ1v) is 7.16. The highest BCUT2D eigenvalue weighted by Gasteiger charge is 2.18. The van der Waals surface area contributed by atoms with Crippen molar-refractivity contribution >= 4 is 5.91 Å². The Balaban J connectivity index is 3.02. The average molecular weight is 288 g/mol. The summed E-state index contributed by atoms with van der Waals surface area (Å²) in [6.07, 6.45) is 0. The van der Waals surface area contributed by atoms with Crippen LogP contribution < -0.4 is 5.73 Å². The third-order valence-electron chi connectivity index (χ3n) is 2.92. The third kappa shape index (κ3) is 5.58. The van der Waals surface area contributed by atoms with Gasteiger partial charge in [-0.3, -0.25) is 4.79 Å². The molecule has 1 amide bonds. The maximum atomic E-state index is 12.7. The van der Waals surface area contributed by atoms with E-state index in [0.717, 1.165) is 5.56 Å². The minimum Gasteiger partial charge on any atom is -0.383 e. The lowest BCUT2D eigenvalue weighted by Gasteiger charge is -2.24. The molecule has 0 radical (unpaired) electrons. The molecule has 0 saturated heterocycles. The highest BCUT2D eigenvalue weighted by Crippen LogP contribution is 2.12. The van der Waals surface area contributed by atoms with Crippen LogP contribution in [0.15, 0.2) is 24.3 Å². The molecule has 0 aliphatic heterocycles. The molecule has 1 aromatic rings. The van der Waals surface area contributed by atoms with E-state index in [9.17, 15) is 4.79 Å².